The lowest BCUT2D eigenvalue weighted by atomic mass is 9.77. The van der Waals surface area contributed by atoms with Crippen molar-refractivity contribution in [2.24, 2.45) is 11.1 Å². The van der Waals surface area contributed by atoms with Gasteiger partial charge in [-0.15, -0.1) is 0 Å². The summed E-state index contributed by atoms with van der Waals surface area (Å²) in [6.45, 7) is 1.33. The predicted octanol–water partition coefficient (Wildman–Crippen LogP) is 3.45. The molecular weight excluding hydrogens is 451 g/mol. The SMILES string of the molecule is COc1ccc(C(=O)N2CCC3(CC2)CCN(c2ccc(/C(C=N)=C/N)c(OC)c2)C3=O)c(F)c1. The molecule has 0 unspecified atom stereocenters. The highest BCUT2D eigenvalue weighted by molar-refractivity contribution is 6.09. The predicted molar refractivity (Wildman–Crippen MR) is 131 cm³/mol. The number of hydrogen-bond donors (Lipinski definition) is 2. The molecule has 0 atom stereocenters. The molecule has 0 aliphatic carbocycles. The zero-order valence-corrected chi connectivity index (χ0v) is 19.8. The number of likely N-dealkylation sites (tertiary alicyclic amines) is 1. The topological polar surface area (TPSA) is 109 Å². The standard InChI is InChI=1S/C26H29FN4O4/c1-34-19-4-6-21(22(27)14-19)24(32)30-10-7-26(8-11-30)9-12-31(25(26)33)18-3-5-20(17(15-28)16-29)23(13-18)35-2/h3-6,13-16,28H,7-12,29H2,1-2H3/b17-16+,28-15?. The summed E-state index contributed by atoms with van der Waals surface area (Å²) in [7, 11) is 2.98. The minimum Gasteiger partial charge on any atom is -0.497 e. The Kier molecular flexibility index (Phi) is 6.77. The summed E-state index contributed by atoms with van der Waals surface area (Å²) in [6, 6.07) is 9.60. The maximum absolute atomic E-state index is 14.4. The van der Waals surface area contributed by atoms with Crippen LogP contribution in [0.3, 0.4) is 0 Å². The van der Waals surface area contributed by atoms with Gasteiger partial charge in [0, 0.05) is 61.0 Å². The van der Waals surface area contributed by atoms with Gasteiger partial charge >= 0.3 is 0 Å². The molecular formula is C26H29FN4O4. The number of anilines is 1. The molecule has 2 fully saturated rings. The molecule has 2 aromatic rings. The minimum absolute atomic E-state index is 0.00383. The highest BCUT2D eigenvalue weighted by Crippen LogP contribution is 2.44. The molecule has 3 N–H and O–H groups in total. The molecule has 184 valence electrons. The van der Waals surface area contributed by atoms with Gasteiger partial charge in [-0.1, -0.05) is 0 Å². The first-order chi connectivity index (χ1) is 16.9. The van der Waals surface area contributed by atoms with E-state index >= 15 is 0 Å². The molecule has 2 saturated heterocycles. The molecule has 2 aliphatic heterocycles. The summed E-state index contributed by atoms with van der Waals surface area (Å²) in [4.78, 5) is 29.8. The minimum atomic E-state index is -0.620. The number of hydrogen-bond acceptors (Lipinski definition) is 6. The third-order valence-electron chi connectivity index (χ3n) is 7.07. The van der Waals surface area contributed by atoms with Crippen LogP contribution in [0.2, 0.25) is 0 Å². The number of allylic oxidation sites excluding steroid dienone is 1. The molecule has 0 bridgehead atoms. The number of ether oxygens (including phenoxy) is 2. The molecule has 2 heterocycles. The third kappa shape index (κ3) is 4.34. The Balaban J connectivity index is 1.48. The van der Waals surface area contributed by atoms with E-state index < -0.39 is 11.2 Å². The molecule has 8 nitrogen and oxygen atoms in total. The Bertz CT molecular complexity index is 1190. The van der Waals surface area contributed by atoms with E-state index in [1.807, 2.05) is 6.07 Å². The van der Waals surface area contributed by atoms with Crippen LogP contribution in [-0.4, -0.2) is 56.8 Å². The lowest BCUT2D eigenvalue weighted by molar-refractivity contribution is -0.127. The van der Waals surface area contributed by atoms with E-state index in [0.717, 1.165) is 6.21 Å². The van der Waals surface area contributed by atoms with Crippen molar-refractivity contribution >= 4 is 29.3 Å². The fourth-order valence-electron chi connectivity index (χ4n) is 4.94. The van der Waals surface area contributed by atoms with Gasteiger partial charge in [0.25, 0.3) is 5.91 Å². The molecule has 2 amide bonds. The molecule has 0 aromatic heterocycles. The average Bonchev–Trinajstić information content (AvgIpc) is 3.20. The number of carbonyl (C=O) groups excluding carboxylic acids is 2. The highest BCUT2D eigenvalue weighted by atomic mass is 19.1. The van der Waals surface area contributed by atoms with Crippen LogP contribution >= 0.6 is 0 Å². The molecule has 1 spiro atoms. The Morgan fingerprint density at radius 3 is 2.34 bits per heavy atom. The Hall–Kier alpha value is -3.88. The van der Waals surface area contributed by atoms with Gasteiger partial charge in [0.15, 0.2) is 0 Å². The number of methoxy groups -OCH3 is 2. The monoisotopic (exact) mass is 480 g/mol. The van der Waals surface area contributed by atoms with E-state index in [4.69, 9.17) is 20.6 Å². The van der Waals surface area contributed by atoms with E-state index in [1.165, 1.54) is 32.6 Å². The number of nitrogens with zero attached hydrogens (tertiary/aromatic N) is 2. The number of piperidine rings is 1. The lowest BCUT2D eigenvalue weighted by Gasteiger charge is -2.38. The summed E-state index contributed by atoms with van der Waals surface area (Å²) >= 11 is 0. The van der Waals surface area contributed by atoms with Crippen molar-refractivity contribution < 1.29 is 23.5 Å². The first-order valence-corrected chi connectivity index (χ1v) is 11.4. The van der Waals surface area contributed by atoms with Gasteiger partial charge in [0.1, 0.15) is 17.3 Å². The molecule has 0 radical (unpaired) electrons. The summed E-state index contributed by atoms with van der Waals surface area (Å²) in [5.41, 5.74) is 6.98. The van der Waals surface area contributed by atoms with E-state index in [9.17, 15) is 14.0 Å². The van der Waals surface area contributed by atoms with Crippen LogP contribution in [0.15, 0.2) is 42.6 Å². The van der Waals surface area contributed by atoms with Crippen LogP contribution in [0, 0.1) is 16.6 Å². The second-order valence-electron chi connectivity index (χ2n) is 8.78. The number of benzene rings is 2. The zero-order chi connectivity index (χ0) is 25.2. The van der Waals surface area contributed by atoms with Crippen molar-refractivity contribution in [2.75, 3.05) is 38.8 Å². The number of carbonyl (C=O) groups is 2. The molecule has 0 saturated carbocycles. The van der Waals surface area contributed by atoms with Gasteiger partial charge in [-0.25, -0.2) is 4.39 Å². The first kappa shape index (κ1) is 24.3. The third-order valence-corrected chi connectivity index (χ3v) is 7.07. The summed E-state index contributed by atoms with van der Waals surface area (Å²) in [5.74, 6) is -0.0930. The van der Waals surface area contributed by atoms with Gasteiger partial charge in [0.2, 0.25) is 5.91 Å². The summed E-state index contributed by atoms with van der Waals surface area (Å²) in [5, 5.41) is 7.54. The summed E-state index contributed by atoms with van der Waals surface area (Å²) < 4.78 is 24.9. The number of halogens is 1. The quantitative estimate of drug-likeness (QED) is 0.616. The average molecular weight is 481 g/mol. The number of nitrogens with two attached hydrogens (primary N) is 1. The Labute approximate surface area is 203 Å². The largest absolute Gasteiger partial charge is 0.497 e. The van der Waals surface area contributed by atoms with E-state index in [2.05, 4.69) is 0 Å². The second kappa shape index (κ2) is 9.77. The van der Waals surface area contributed by atoms with Gasteiger partial charge in [-0.05, 0) is 43.5 Å². The normalized spacial score (nSPS) is 17.6. The fourth-order valence-corrected chi connectivity index (χ4v) is 4.94. The van der Waals surface area contributed by atoms with Crippen LogP contribution in [0.4, 0.5) is 10.1 Å². The molecule has 9 heteroatoms. The molecule has 2 aliphatic rings. The van der Waals surface area contributed by atoms with Crippen molar-refractivity contribution in [1.82, 2.24) is 4.90 Å². The smallest absolute Gasteiger partial charge is 0.256 e. The highest BCUT2D eigenvalue weighted by Gasteiger charge is 2.49. The zero-order valence-electron chi connectivity index (χ0n) is 19.8. The molecule has 4 rings (SSSR count). The van der Waals surface area contributed by atoms with E-state index in [-0.39, 0.29) is 17.4 Å². The first-order valence-electron chi connectivity index (χ1n) is 11.4. The maximum Gasteiger partial charge on any atom is 0.256 e. The number of nitrogens with one attached hydrogen (secondary N) is 1. The van der Waals surface area contributed by atoms with Crippen molar-refractivity contribution in [3.8, 4) is 11.5 Å². The van der Waals surface area contributed by atoms with Crippen molar-refractivity contribution in [3.63, 3.8) is 0 Å². The Morgan fingerprint density at radius 1 is 1.06 bits per heavy atom. The van der Waals surface area contributed by atoms with Crippen molar-refractivity contribution in [2.45, 2.75) is 19.3 Å². The van der Waals surface area contributed by atoms with Gasteiger partial charge in [0.05, 0.1) is 25.2 Å². The fraction of sp³-hybridized carbons (Fsp3) is 0.346. The van der Waals surface area contributed by atoms with Crippen LogP contribution in [-0.2, 0) is 4.79 Å². The van der Waals surface area contributed by atoms with Crippen molar-refractivity contribution in [3.05, 3.63) is 59.5 Å². The van der Waals surface area contributed by atoms with E-state index in [0.29, 0.717) is 67.2 Å². The maximum atomic E-state index is 14.4. The number of amides is 2. The molecule has 2 aromatic carbocycles. The van der Waals surface area contributed by atoms with Gasteiger partial charge in [-0.3, -0.25) is 9.59 Å². The number of rotatable bonds is 6. The van der Waals surface area contributed by atoms with Crippen LogP contribution < -0.4 is 20.1 Å². The van der Waals surface area contributed by atoms with Crippen LogP contribution in [0.5, 0.6) is 11.5 Å². The van der Waals surface area contributed by atoms with Gasteiger partial charge in [-0.2, -0.15) is 0 Å². The van der Waals surface area contributed by atoms with E-state index in [1.54, 1.807) is 28.0 Å². The summed E-state index contributed by atoms with van der Waals surface area (Å²) in [6.07, 6.45) is 4.22. The lowest BCUT2D eigenvalue weighted by Crippen LogP contribution is -2.46. The molecule has 35 heavy (non-hydrogen) atoms. The van der Waals surface area contributed by atoms with Gasteiger partial charge < -0.3 is 30.4 Å². The van der Waals surface area contributed by atoms with Crippen molar-refractivity contribution in [1.29, 1.82) is 5.41 Å². The van der Waals surface area contributed by atoms with Crippen LogP contribution in [0.25, 0.3) is 5.57 Å². The van der Waals surface area contributed by atoms with Crippen LogP contribution in [0.1, 0.15) is 35.2 Å². The second-order valence-corrected chi connectivity index (χ2v) is 8.78. The Morgan fingerprint density at radius 2 is 1.74 bits per heavy atom.